The van der Waals surface area contributed by atoms with Gasteiger partial charge in [-0.2, -0.15) is 0 Å². The fourth-order valence-electron chi connectivity index (χ4n) is 1.32. The minimum Gasteiger partial charge on any atom is -0.409 e. The van der Waals surface area contributed by atoms with Gasteiger partial charge in [0.15, 0.2) is 0 Å². The van der Waals surface area contributed by atoms with Gasteiger partial charge in [0.05, 0.1) is 13.2 Å². The lowest BCUT2D eigenvalue weighted by atomic mass is 9.88. The van der Waals surface area contributed by atoms with E-state index in [2.05, 4.69) is 5.16 Å². The molecule has 6 nitrogen and oxygen atoms in total. The summed E-state index contributed by atoms with van der Waals surface area (Å²) in [6.45, 7) is 5.62. The van der Waals surface area contributed by atoms with Gasteiger partial charge in [0.1, 0.15) is 5.84 Å². The first-order chi connectivity index (χ1) is 7.47. The van der Waals surface area contributed by atoms with Gasteiger partial charge < -0.3 is 21.2 Å². The molecule has 0 radical (unpaired) electrons. The van der Waals surface area contributed by atoms with E-state index < -0.39 is 5.41 Å². The molecule has 16 heavy (non-hydrogen) atoms. The molecule has 0 spiro atoms. The van der Waals surface area contributed by atoms with Gasteiger partial charge in [0.25, 0.3) is 0 Å². The molecule has 5 N–H and O–H groups in total. The Morgan fingerprint density at radius 3 is 2.06 bits per heavy atom. The van der Waals surface area contributed by atoms with Gasteiger partial charge in [0.2, 0.25) is 0 Å². The molecule has 0 aromatic carbocycles. The molecule has 0 aliphatic carbocycles. The summed E-state index contributed by atoms with van der Waals surface area (Å²) in [7, 11) is 0. The average Bonchev–Trinajstić information content (AvgIpc) is 2.25. The van der Waals surface area contributed by atoms with E-state index in [-0.39, 0.29) is 19.0 Å². The van der Waals surface area contributed by atoms with Crippen LogP contribution in [0.4, 0.5) is 0 Å². The molecule has 0 amide bonds. The Hall–Kier alpha value is -0.850. The first-order valence-electron chi connectivity index (χ1n) is 5.40. The van der Waals surface area contributed by atoms with Gasteiger partial charge >= 0.3 is 0 Å². The maximum absolute atomic E-state index is 8.84. The third-order valence-electron chi connectivity index (χ3n) is 2.69. The highest BCUT2D eigenvalue weighted by molar-refractivity contribution is 5.85. The van der Waals surface area contributed by atoms with Gasteiger partial charge in [-0.05, 0) is 13.0 Å². The Balaban J connectivity index is 4.17. The van der Waals surface area contributed by atoms with E-state index >= 15 is 0 Å². The Bertz CT molecular complexity index is 213. The van der Waals surface area contributed by atoms with Crippen LogP contribution in [0.2, 0.25) is 0 Å². The van der Waals surface area contributed by atoms with Crippen molar-refractivity contribution in [3.63, 3.8) is 0 Å². The van der Waals surface area contributed by atoms with E-state index in [9.17, 15) is 0 Å². The lowest BCUT2D eigenvalue weighted by Gasteiger charge is -2.27. The molecule has 0 atom stereocenters. The van der Waals surface area contributed by atoms with E-state index in [0.29, 0.717) is 26.1 Å². The predicted octanol–water partition coefficient (Wildman–Crippen LogP) is -0.564. The second kappa shape index (κ2) is 7.43. The van der Waals surface area contributed by atoms with Crippen molar-refractivity contribution in [2.24, 2.45) is 16.3 Å². The van der Waals surface area contributed by atoms with Crippen molar-refractivity contribution in [3.05, 3.63) is 0 Å². The number of nitrogens with zero attached hydrogens (tertiary/aromatic N) is 2. The number of rotatable bonds is 8. The molecule has 96 valence electrons. The first-order valence-corrected chi connectivity index (χ1v) is 5.40. The summed E-state index contributed by atoms with van der Waals surface area (Å²) >= 11 is 0. The fourth-order valence-corrected chi connectivity index (χ4v) is 1.32. The van der Waals surface area contributed by atoms with Gasteiger partial charge in [-0.3, -0.25) is 4.90 Å². The summed E-state index contributed by atoms with van der Waals surface area (Å²) in [5.74, 6) is 0.195. The van der Waals surface area contributed by atoms with Crippen molar-refractivity contribution in [2.75, 3.05) is 32.8 Å². The molecule has 0 saturated carbocycles. The van der Waals surface area contributed by atoms with E-state index in [4.69, 9.17) is 21.2 Å². The van der Waals surface area contributed by atoms with E-state index in [1.807, 2.05) is 18.7 Å². The monoisotopic (exact) mass is 233 g/mol. The smallest absolute Gasteiger partial charge is 0.144 e. The zero-order chi connectivity index (χ0) is 12.6. The third-order valence-corrected chi connectivity index (χ3v) is 2.69. The molecule has 0 heterocycles. The van der Waals surface area contributed by atoms with Crippen LogP contribution in [0.15, 0.2) is 5.16 Å². The Morgan fingerprint density at radius 1 is 1.19 bits per heavy atom. The van der Waals surface area contributed by atoms with Crippen LogP contribution in [0, 0.1) is 5.41 Å². The largest absolute Gasteiger partial charge is 0.409 e. The fraction of sp³-hybridized carbons (Fsp3) is 0.900. The quantitative estimate of drug-likeness (QED) is 0.195. The number of aliphatic hydroxyl groups excluding tert-OH is 2. The molecule has 0 aromatic heterocycles. The Morgan fingerprint density at radius 2 is 1.69 bits per heavy atom. The number of oxime groups is 1. The lowest BCUT2D eigenvalue weighted by molar-refractivity contribution is 0.151. The van der Waals surface area contributed by atoms with Crippen LogP contribution in [0.5, 0.6) is 0 Å². The molecule has 0 saturated heterocycles. The van der Waals surface area contributed by atoms with E-state index in [1.54, 1.807) is 0 Å². The summed E-state index contributed by atoms with van der Waals surface area (Å²) in [5.41, 5.74) is 5.18. The summed E-state index contributed by atoms with van der Waals surface area (Å²) in [5, 5.41) is 29.3. The SMILES string of the molecule is CC(C)(CCN(CCO)CCO)C(N)=NO. The summed E-state index contributed by atoms with van der Waals surface area (Å²) < 4.78 is 0. The van der Waals surface area contributed by atoms with Gasteiger partial charge in [-0.1, -0.05) is 19.0 Å². The Labute approximate surface area is 96.4 Å². The maximum Gasteiger partial charge on any atom is 0.144 e. The first kappa shape index (κ1) is 15.2. The number of amidine groups is 1. The topological polar surface area (TPSA) is 102 Å². The van der Waals surface area contributed by atoms with Gasteiger partial charge in [0, 0.05) is 18.5 Å². The summed E-state index contributed by atoms with van der Waals surface area (Å²) in [4.78, 5) is 1.94. The maximum atomic E-state index is 8.84. The molecule has 0 aliphatic heterocycles. The Kier molecular flexibility index (Phi) is 7.03. The predicted molar refractivity (Wildman–Crippen MR) is 62.4 cm³/mol. The number of nitrogens with two attached hydrogens (primary N) is 1. The van der Waals surface area contributed by atoms with Crippen molar-refractivity contribution in [3.8, 4) is 0 Å². The van der Waals surface area contributed by atoms with E-state index in [0.717, 1.165) is 0 Å². The van der Waals surface area contributed by atoms with Crippen LogP contribution in [-0.4, -0.2) is 59.0 Å². The van der Waals surface area contributed by atoms with Gasteiger partial charge in [-0.25, -0.2) is 0 Å². The molecular weight excluding hydrogens is 210 g/mol. The highest BCUT2D eigenvalue weighted by Crippen LogP contribution is 2.20. The van der Waals surface area contributed by atoms with Crippen LogP contribution in [0.25, 0.3) is 0 Å². The van der Waals surface area contributed by atoms with Gasteiger partial charge in [-0.15, -0.1) is 0 Å². The molecule has 0 unspecified atom stereocenters. The van der Waals surface area contributed by atoms with Crippen LogP contribution in [-0.2, 0) is 0 Å². The minimum atomic E-state index is -0.391. The van der Waals surface area contributed by atoms with Crippen LogP contribution in [0.3, 0.4) is 0 Å². The number of hydrogen-bond donors (Lipinski definition) is 4. The second-order valence-electron chi connectivity index (χ2n) is 4.41. The standard InChI is InChI=1S/C10H23N3O3/c1-10(2,9(11)12-16)3-4-13(5-7-14)6-8-15/h14-16H,3-8H2,1-2H3,(H2,11,12). The summed E-state index contributed by atoms with van der Waals surface area (Å²) in [6, 6.07) is 0. The van der Waals surface area contributed by atoms with E-state index in [1.165, 1.54) is 0 Å². The second-order valence-corrected chi connectivity index (χ2v) is 4.41. The normalized spacial score (nSPS) is 13.4. The molecule has 0 rings (SSSR count). The zero-order valence-corrected chi connectivity index (χ0v) is 10.1. The van der Waals surface area contributed by atoms with Crippen molar-refractivity contribution in [1.82, 2.24) is 4.90 Å². The molecule has 0 fully saturated rings. The summed E-state index contributed by atoms with van der Waals surface area (Å²) in [6.07, 6.45) is 0.697. The minimum absolute atomic E-state index is 0.0595. The van der Waals surface area contributed by atoms with Crippen molar-refractivity contribution < 1.29 is 15.4 Å². The van der Waals surface area contributed by atoms with Crippen LogP contribution in [0.1, 0.15) is 20.3 Å². The highest BCUT2D eigenvalue weighted by Gasteiger charge is 2.24. The lowest BCUT2D eigenvalue weighted by Crippen LogP contribution is -2.38. The molecule has 0 aromatic rings. The molecule has 0 aliphatic rings. The highest BCUT2D eigenvalue weighted by atomic mass is 16.4. The van der Waals surface area contributed by atoms with Crippen LogP contribution >= 0.6 is 0 Å². The average molecular weight is 233 g/mol. The van der Waals surface area contributed by atoms with Crippen molar-refractivity contribution >= 4 is 5.84 Å². The number of aliphatic hydroxyl groups is 2. The van der Waals surface area contributed by atoms with Crippen LogP contribution < -0.4 is 5.73 Å². The van der Waals surface area contributed by atoms with Crippen molar-refractivity contribution in [1.29, 1.82) is 0 Å². The zero-order valence-electron chi connectivity index (χ0n) is 10.1. The number of hydrogen-bond acceptors (Lipinski definition) is 5. The molecular formula is C10H23N3O3. The van der Waals surface area contributed by atoms with Crippen molar-refractivity contribution in [2.45, 2.75) is 20.3 Å². The molecule has 6 heteroatoms. The third kappa shape index (κ3) is 5.29. The molecule has 0 bridgehead atoms.